The summed E-state index contributed by atoms with van der Waals surface area (Å²) in [5, 5.41) is 0. The highest BCUT2D eigenvalue weighted by Crippen LogP contribution is 2.32. The van der Waals surface area contributed by atoms with Gasteiger partial charge < -0.3 is 4.98 Å². The number of alkyl halides is 3. The molecule has 158 valence electrons. The Hall–Kier alpha value is -2.63. The molecule has 0 amide bonds. The highest BCUT2D eigenvalue weighted by Gasteiger charge is 2.31. The molecule has 1 N–H and O–H groups in total. The largest absolute Gasteiger partial charge is 0.433 e. The Morgan fingerprint density at radius 3 is 2.50 bits per heavy atom. The van der Waals surface area contributed by atoms with Gasteiger partial charge >= 0.3 is 6.18 Å². The van der Waals surface area contributed by atoms with E-state index in [0.29, 0.717) is 12.3 Å². The summed E-state index contributed by atoms with van der Waals surface area (Å²) in [6.07, 6.45) is 6.64. The summed E-state index contributed by atoms with van der Waals surface area (Å²) < 4.78 is 37.9. The fourth-order valence-electron chi connectivity index (χ4n) is 4.22. The molecule has 1 aliphatic carbocycles. The average Bonchev–Trinajstić information content (AvgIpc) is 3.23. The predicted octanol–water partition coefficient (Wildman–Crippen LogP) is 6.63. The van der Waals surface area contributed by atoms with Crippen LogP contribution in [0.25, 0.3) is 11.3 Å². The van der Waals surface area contributed by atoms with Crippen molar-refractivity contribution in [1.29, 1.82) is 0 Å². The molecule has 6 heteroatoms. The molecule has 2 heterocycles. The SMILES string of the molecule is Cc1cc(-c2c[nH]c(C3CCCCC3)n2)ccc1CCc1ccc(C(F)(F)F)nc1. The summed E-state index contributed by atoms with van der Waals surface area (Å²) in [5.41, 5.74) is 4.36. The zero-order valence-corrected chi connectivity index (χ0v) is 17.1. The van der Waals surface area contributed by atoms with Gasteiger partial charge in [-0.2, -0.15) is 13.2 Å². The smallest absolute Gasteiger partial charge is 0.348 e. The number of benzene rings is 1. The number of hydrogen-bond acceptors (Lipinski definition) is 2. The quantitative estimate of drug-likeness (QED) is 0.510. The van der Waals surface area contributed by atoms with Gasteiger partial charge in [-0.1, -0.05) is 37.5 Å². The van der Waals surface area contributed by atoms with Crippen LogP contribution < -0.4 is 0 Å². The lowest BCUT2D eigenvalue weighted by atomic mass is 9.89. The molecule has 3 nitrogen and oxygen atoms in total. The van der Waals surface area contributed by atoms with E-state index in [4.69, 9.17) is 4.98 Å². The van der Waals surface area contributed by atoms with Crippen LogP contribution in [0, 0.1) is 6.92 Å². The van der Waals surface area contributed by atoms with Gasteiger partial charge in [0.25, 0.3) is 0 Å². The Morgan fingerprint density at radius 2 is 1.83 bits per heavy atom. The number of nitrogens with one attached hydrogen (secondary N) is 1. The normalized spacial score (nSPS) is 15.5. The second-order valence-corrected chi connectivity index (χ2v) is 8.20. The van der Waals surface area contributed by atoms with Crippen molar-refractivity contribution in [2.45, 2.75) is 64.0 Å². The molecule has 0 atom stereocenters. The molecule has 1 aliphatic rings. The van der Waals surface area contributed by atoms with E-state index < -0.39 is 11.9 Å². The number of pyridine rings is 1. The van der Waals surface area contributed by atoms with Crippen LogP contribution in [-0.2, 0) is 19.0 Å². The van der Waals surface area contributed by atoms with E-state index in [1.54, 1.807) is 0 Å². The molecule has 0 spiro atoms. The van der Waals surface area contributed by atoms with E-state index in [-0.39, 0.29) is 0 Å². The zero-order chi connectivity index (χ0) is 21.1. The Morgan fingerprint density at radius 1 is 1.03 bits per heavy atom. The average molecular weight is 413 g/mol. The van der Waals surface area contributed by atoms with Gasteiger partial charge in [0.1, 0.15) is 11.5 Å². The summed E-state index contributed by atoms with van der Waals surface area (Å²) in [5.74, 6) is 1.64. The van der Waals surface area contributed by atoms with Crippen LogP contribution >= 0.6 is 0 Å². The van der Waals surface area contributed by atoms with Crippen molar-refractivity contribution < 1.29 is 13.2 Å². The maximum absolute atomic E-state index is 12.6. The van der Waals surface area contributed by atoms with E-state index >= 15 is 0 Å². The molecule has 0 unspecified atom stereocenters. The molecule has 3 aromatic rings. The van der Waals surface area contributed by atoms with E-state index in [1.165, 1.54) is 49.9 Å². The number of aromatic nitrogens is 3. The summed E-state index contributed by atoms with van der Waals surface area (Å²) in [7, 11) is 0. The highest BCUT2D eigenvalue weighted by atomic mass is 19.4. The second kappa shape index (κ2) is 8.62. The van der Waals surface area contributed by atoms with E-state index in [2.05, 4.69) is 35.1 Å². The van der Waals surface area contributed by atoms with Gasteiger partial charge in [0.2, 0.25) is 0 Å². The van der Waals surface area contributed by atoms with Crippen LogP contribution in [0.1, 0.15) is 66.2 Å². The van der Waals surface area contributed by atoms with E-state index in [9.17, 15) is 13.2 Å². The molecule has 0 aliphatic heterocycles. The lowest BCUT2D eigenvalue weighted by Gasteiger charge is -2.19. The number of H-pyrrole nitrogens is 1. The summed E-state index contributed by atoms with van der Waals surface area (Å²) in [4.78, 5) is 11.8. The van der Waals surface area contributed by atoms with Crippen molar-refractivity contribution >= 4 is 0 Å². The van der Waals surface area contributed by atoms with Crippen molar-refractivity contribution in [2.75, 3.05) is 0 Å². The Kier molecular flexibility index (Phi) is 5.93. The van der Waals surface area contributed by atoms with Crippen LogP contribution in [0.4, 0.5) is 13.2 Å². The third-order valence-corrected chi connectivity index (χ3v) is 6.03. The Labute approximate surface area is 174 Å². The number of hydrogen-bond donors (Lipinski definition) is 1. The minimum atomic E-state index is -4.39. The third-order valence-electron chi connectivity index (χ3n) is 6.03. The zero-order valence-electron chi connectivity index (χ0n) is 17.1. The molecule has 0 bridgehead atoms. The molecule has 4 rings (SSSR count). The lowest BCUT2D eigenvalue weighted by molar-refractivity contribution is -0.141. The molecule has 1 aromatic carbocycles. The molecule has 1 fully saturated rings. The summed E-state index contributed by atoms with van der Waals surface area (Å²) in [6, 6.07) is 8.87. The topological polar surface area (TPSA) is 41.6 Å². The van der Waals surface area contributed by atoms with Gasteiger partial charge in [-0.3, -0.25) is 4.98 Å². The molecule has 2 aromatic heterocycles. The second-order valence-electron chi connectivity index (χ2n) is 8.20. The predicted molar refractivity (Wildman–Crippen MR) is 111 cm³/mol. The van der Waals surface area contributed by atoms with Crippen LogP contribution in [0.5, 0.6) is 0 Å². The van der Waals surface area contributed by atoms with Crippen LogP contribution in [0.15, 0.2) is 42.7 Å². The van der Waals surface area contributed by atoms with E-state index in [1.807, 2.05) is 6.20 Å². The first-order valence-electron chi connectivity index (χ1n) is 10.6. The molecule has 1 saturated carbocycles. The number of rotatable bonds is 5. The number of halogens is 3. The lowest BCUT2D eigenvalue weighted by Crippen LogP contribution is -2.07. The van der Waals surface area contributed by atoms with Crippen LogP contribution in [0.3, 0.4) is 0 Å². The number of imidazole rings is 1. The summed E-state index contributed by atoms with van der Waals surface area (Å²) >= 11 is 0. The van der Waals surface area contributed by atoms with Crippen molar-refractivity contribution in [3.8, 4) is 11.3 Å². The first kappa shape index (κ1) is 20.6. The molecular formula is C24H26F3N3. The fraction of sp³-hybridized carbons (Fsp3) is 0.417. The number of aryl methyl sites for hydroxylation is 3. The molecule has 0 saturated heterocycles. The number of nitrogens with zero attached hydrogens (tertiary/aromatic N) is 2. The van der Waals surface area contributed by atoms with Crippen LogP contribution in [0.2, 0.25) is 0 Å². The molecular weight excluding hydrogens is 387 g/mol. The summed E-state index contributed by atoms with van der Waals surface area (Å²) in [6.45, 7) is 2.07. The van der Waals surface area contributed by atoms with Crippen molar-refractivity contribution in [2.24, 2.45) is 0 Å². The maximum atomic E-state index is 12.6. The Bertz CT molecular complexity index is 984. The van der Waals surface area contributed by atoms with Crippen molar-refractivity contribution in [3.63, 3.8) is 0 Å². The molecule has 30 heavy (non-hydrogen) atoms. The van der Waals surface area contributed by atoms with E-state index in [0.717, 1.165) is 40.7 Å². The fourth-order valence-corrected chi connectivity index (χ4v) is 4.22. The number of aromatic amines is 1. The standard InChI is InChI=1S/C24H26F3N3/c1-16-13-20(21-15-29-23(30-21)19-5-3-2-4-6-19)11-10-18(16)9-7-17-8-12-22(28-14-17)24(25,26)27/h8,10-15,19H,2-7,9H2,1H3,(H,29,30). The van der Waals surface area contributed by atoms with Gasteiger partial charge in [0, 0.05) is 23.9 Å². The highest BCUT2D eigenvalue weighted by molar-refractivity contribution is 5.60. The van der Waals surface area contributed by atoms with Gasteiger partial charge in [-0.05, 0) is 61.4 Å². The van der Waals surface area contributed by atoms with Gasteiger partial charge in [-0.15, -0.1) is 0 Å². The molecule has 0 radical (unpaired) electrons. The van der Waals surface area contributed by atoms with Gasteiger partial charge in [-0.25, -0.2) is 4.98 Å². The maximum Gasteiger partial charge on any atom is 0.433 e. The first-order valence-corrected chi connectivity index (χ1v) is 10.6. The Balaban J connectivity index is 1.41. The first-order chi connectivity index (χ1) is 14.4. The minimum absolute atomic E-state index is 0.546. The van der Waals surface area contributed by atoms with Crippen molar-refractivity contribution in [1.82, 2.24) is 15.0 Å². The van der Waals surface area contributed by atoms with Gasteiger partial charge in [0.05, 0.1) is 5.69 Å². The van der Waals surface area contributed by atoms with Gasteiger partial charge in [0.15, 0.2) is 0 Å². The minimum Gasteiger partial charge on any atom is -0.348 e. The monoisotopic (exact) mass is 413 g/mol. The van der Waals surface area contributed by atoms with Crippen molar-refractivity contribution in [3.05, 3.63) is 70.9 Å². The van der Waals surface area contributed by atoms with Crippen LogP contribution in [-0.4, -0.2) is 15.0 Å². The third kappa shape index (κ3) is 4.74.